The van der Waals surface area contributed by atoms with E-state index in [9.17, 15) is 14.7 Å². The highest BCUT2D eigenvalue weighted by Gasteiger charge is 2.49. The first-order valence-electron chi connectivity index (χ1n) is 5.89. The highest BCUT2D eigenvalue weighted by molar-refractivity contribution is 6.06. The van der Waals surface area contributed by atoms with Gasteiger partial charge >= 0.3 is 5.97 Å². The summed E-state index contributed by atoms with van der Waals surface area (Å²) in [4.78, 5) is 23.4. The molecule has 20 heavy (non-hydrogen) atoms. The largest absolute Gasteiger partial charge is 0.463 e. The Labute approximate surface area is 114 Å². The van der Waals surface area contributed by atoms with Gasteiger partial charge in [0.15, 0.2) is 5.76 Å². The molecule has 2 heterocycles. The van der Waals surface area contributed by atoms with Gasteiger partial charge in [-0.05, 0) is 18.2 Å². The molecule has 1 amide bonds. The van der Waals surface area contributed by atoms with Crippen LogP contribution in [-0.4, -0.2) is 24.1 Å². The molecule has 1 aliphatic rings. The van der Waals surface area contributed by atoms with E-state index in [0.717, 1.165) is 0 Å². The SMILES string of the molecule is COC(=O)c1ccc(C2(O)C(=O)Nc3ccccc32)o1. The standard InChI is InChI=1S/C14H11NO5/c1-19-12(16)10-6-7-11(20-10)14(18)8-4-2-3-5-9(8)15-13(14)17/h2-7,18H,1H3,(H,15,17). The summed E-state index contributed by atoms with van der Waals surface area (Å²) < 4.78 is 9.79. The lowest BCUT2D eigenvalue weighted by molar-refractivity contribution is -0.131. The number of amides is 1. The van der Waals surface area contributed by atoms with E-state index in [-0.39, 0.29) is 11.5 Å². The summed E-state index contributed by atoms with van der Waals surface area (Å²) in [5.74, 6) is -1.40. The molecule has 0 bridgehead atoms. The molecule has 0 fully saturated rings. The molecule has 0 radical (unpaired) electrons. The molecule has 0 saturated heterocycles. The summed E-state index contributed by atoms with van der Waals surface area (Å²) in [6.45, 7) is 0. The Morgan fingerprint density at radius 3 is 2.80 bits per heavy atom. The monoisotopic (exact) mass is 273 g/mol. The molecule has 102 valence electrons. The van der Waals surface area contributed by atoms with E-state index < -0.39 is 17.5 Å². The molecular formula is C14H11NO5. The second-order valence-corrected chi connectivity index (χ2v) is 4.37. The molecule has 6 heteroatoms. The van der Waals surface area contributed by atoms with Crippen molar-refractivity contribution < 1.29 is 23.8 Å². The van der Waals surface area contributed by atoms with Gasteiger partial charge in [-0.1, -0.05) is 18.2 Å². The third kappa shape index (κ3) is 1.55. The van der Waals surface area contributed by atoms with E-state index in [2.05, 4.69) is 10.1 Å². The van der Waals surface area contributed by atoms with Crippen molar-refractivity contribution in [3.8, 4) is 0 Å². The molecular weight excluding hydrogens is 262 g/mol. The van der Waals surface area contributed by atoms with Gasteiger partial charge in [0.05, 0.1) is 7.11 Å². The van der Waals surface area contributed by atoms with Crippen LogP contribution in [0, 0.1) is 0 Å². The zero-order chi connectivity index (χ0) is 14.3. The third-order valence-electron chi connectivity index (χ3n) is 3.24. The van der Waals surface area contributed by atoms with E-state index in [1.54, 1.807) is 24.3 Å². The minimum atomic E-state index is -1.94. The van der Waals surface area contributed by atoms with Gasteiger partial charge in [0.25, 0.3) is 5.91 Å². The quantitative estimate of drug-likeness (QED) is 0.804. The fourth-order valence-electron chi connectivity index (χ4n) is 2.23. The topological polar surface area (TPSA) is 88.8 Å². The van der Waals surface area contributed by atoms with Crippen molar-refractivity contribution in [1.29, 1.82) is 0 Å². The Bertz CT molecular complexity index is 705. The van der Waals surface area contributed by atoms with Crippen molar-refractivity contribution in [1.82, 2.24) is 0 Å². The predicted octanol–water partition coefficient (Wildman–Crippen LogP) is 1.25. The lowest BCUT2D eigenvalue weighted by atomic mass is 9.93. The van der Waals surface area contributed by atoms with E-state index in [4.69, 9.17) is 4.42 Å². The average molecular weight is 273 g/mol. The minimum absolute atomic E-state index is 0.0275. The number of hydrogen-bond acceptors (Lipinski definition) is 5. The fourth-order valence-corrected chi connectivity index (χ4v) is 2.23. The number of carbonyl (C=O) groups excluding carboxylic acids is 2. The zero-order valence-electron chi connectivity index (χ0n) is 10.5. The van der Waals surface area contributed by atoms with Crippen molar-refractivity contribution >= 4 is 17.6 Å². The summed E-state index contributed by atoms with van der Waals surface area (Å²) in [5, 5.41) is 13.3. The Balaban J connectivity index is 2.11. The maximum Gasteiger partial charge on any atom is 0.373 e. The number of furan rings is 1. The van der Waals surface area contributed by atoms with Crippen LogP contribution in [-0.2, 0) is 15.1 Å². The number of nitrogens with one attached hydrogen (secondary N) is 1. The molecule has 0 spiro atoms. The summed E-state index contributed by atoms with van der Waals surface area (Å²) in [5.41, 5.74) is -1.05. The lowest BCUT2D eigenvalue weighted by Crippen LogP contribution is -2.34. The van der Waals surface area contributed by atoms with Crippen LogP contribution in [0.25, 0.3) is 0 Å². The van der Waals surface area contributed by atoms with Crippen LogP contribution in [0.4, 0.5) is 5.69 Å². The number of esters is 1. The Morgan fingerprint density at radius 1 is 1.30 bits per heavy atom. The van der Waals surface area contributed by atoms with Crippen LogP contribution >= 0.6 is 0 Å². The van der Waals surface area contributed by atoms with Gasteiger partial charge in [-0.3, -0.25) is 4.79 Å². The van der Waals surface area contributed by atoms with Crippen LogP contribution in [0.3, 0.4) is 0 Å². The first-order valence-corrected chi connectivity index (χ1v) is 5.89. The summed E-state index contributed by atoms with van der Waals surface area (Å²) >= 11 is 0. The number of carbonyl (C=O) groups is 2. The third-order valence-corrected chi connectivity index (χ3v) is 3.24. The molecule has 1 aliphatic heterocycles. The zero-order valence-corrected chi connectivity index (χ0v) is 10.5. The van der Waals surface area contributed by atoms with E-state index >= 15 is 0 Å². The van der Waals surface area contributed by atoms with Crippen molar-refractivity contribution in [3.63, 3.8) is 0 Å². The van der Waals surface area contributed by atoms with Crippen LogP contribution in [0.2, 0.25) is 0 Å². The van der Waals surface area contributed by atoms with Gasteiger partial charge in [-0.25, -0.2) is 4.79 Å². The molecule has 1 unspecified atom stereocenters. The van der Waals surface area contributed by atoms with Crippen LogP contribution in [0.5, 0.6) is 0 Å². The van der Waals surface area contributed by atoms with Gasteiger partial charge in [0, 0.05) is 11.3 Å². The predicted molar refractivity (Wildman–Crippen MR) is 68.1 cm³/mol. The summed E-state index contributed by atoms with van der Waals surface area (Å²) in [7, 11) is 1.22. The average Bonchev–Trinajstić information content (AvgIpc) is 3.04. The van der Waals surface area contributed by atoms with E-state index in [0.29, 0.717) is 11.3 Å². The summed E-state index contributed by atoms with van der Waals surface area (Å²) in [6.07, 6.45) is 0. The molecule has 1 aromatic heterocycles. The highest BCUT2D eigenvalue weighted by Crippen LogP contribution is 2.41. The van der Waals surface area contributed by atoms with Crippen molar-refractivity contribution in [2.45, 2.75) is 5.60 Å². The van der Waals surface area contributed by atoms with Crippen molar-refractivity contribution in [2.24, 2.45) is 0 Å². The number of aliphatic hydroxyl groups is 1. The van der Waals surface area contributed by atoms with E-state index in [1.165, 1.54) is 19.2 Å². The molecule has 0 aliphatic carbocycles. The molecule has 3 rings (SSSR count). The summed E-state index contributed by atoms with van der Waals surface area (Å²) in [6, 6.07) is 9.48. The number of anilines is 1. The highest BCUT2D eigenvalue weighted by atomic mass is 16.5. The normalized spacial score (nSPS) is 20.4. The van der Waals surface area contributed by atoms with E-state index in [1.807, 2.05) is 0 Å². The number of benzene rings is 1. The second-order valence-electron chi connectivity index (χ2n) is 4.37. The lowest BCUT2D eigenvalue weighted by Gasteiger charge is -2.17. The van der Waals surface area contributed by atoms with Crippen molar-refractivity contribution in [2.75, 3.05) is 12.4 Å². The Hall–Kier alpha value is -2.60. The molecule has 1 atom stereocenters. The smallest absolute Gasteiger partial charge is 0.373 e. The number of rotatable bonds is 2. The maximum atomic E-state index is 12.1. The first kappa shape index (κ1) is 12.4. The second kappa shape index (κ2) is 4.21. The van der Waals surface area contributed by atoms with Crippen LogP contribution in [0.1, 0.15) is 21.9 Å². The van der Waals surface area contributed by atoms with Gasteiger partial charge in [-0.2, -0.15) is 0 Å². The number of hydrogen-bond donors (Lipinski definition) is 2. The number of ether oxygens (including phenoxy) is 1. The molecule has 1 aromatic carbocycles. The van der Waals surface area contributed by atoms with Crippen LogP contribution in [0.15, 0.2) is 40.8 Å². The Kier molecular flexibility index (Phi) is 2.62. The first-order chi connectivity index (χ1) is 9.57. The maximum absolute atomic E-state index is 12.1. The molecule has 6 nitrogen and oxygen atoms in total. The molecule has 0 saturated carbocycles. The molecule has 2 N–H and O–H groups in total. The van der Waals surface area contributed by atoms with Gasteiger partial charge in [-0.15, -0.1) is 0 Å². The van der Waals surface area contributed by atoms with Crippen molar-refractivity contribution in [3.05, 3.63) is 53.5 Å². The minimum Gasteiger partial charge on any atom is -0.463 e. The van der Waals surface area contributed by atoms with Gasteiger partial charge in [0.2, 0.25) is 11.4 Å². The number of fused-ring (bicyclic) bond motifs is 1. The number of para-hydroxylation sites is 1. The van der Waals surface area contributed by atoms with Gasteiger partial charge in [0.1, 0.15) is 0 Å². The Morgan fingerprint density at radius 2 is 2.05 bits per heavy atom. The van der Waals surface area contributed by atoms with Gasteiger partial charge < -0.3 is 19.6 Å². The fraction of sp³-hybridized carbons (Fsp3) is 0.143. The van der Waals surface area contributed by atoms with Crippen LogP contribution < -0.4 is 5.32 Å². The number of methoxy groups -OCH3 is 1. The molecule has 2 aromatic rings.